The number of nitrogens with zero attached hydrogens (tertiary/aromatic N) is 1. The lowest BCUT2D eigenvalue weighted by Crippen LogP contribution is -2.45. The highest BCUT2D eigenvalue weighted by atomic mass is 16.5. The Balaban J connectivity index is 1.43. The lowest BCUT2D eigenvalue weighted by molar-refractivity contribution is -0.0298. The summed E-state index contributed by atoms with van der Waals surface area (Å²) in [6, 6.07) is 22.1. The van der Waals surface area contributed by atoms with Crippen LogP contribution in [0.4, 0.5) is 0 Å². The normalized spacial score (nSPS) is 20.4. The predicted molar refractivity (Wildman–Crippen MR) is 110 cm³/mol. The smallest absolute Gasteiger partial charge is 0.0730 e. The van der Waals surface area contributed by atoms with Crippen LogP contribution in [-0.2, 0) is 17.6 Å². The number of likely N-dealkylation sites (N-methyl/N-ethyl adjacent to an activating group) is 1. The molecule has 2 aromatic carbocycles. The first-order chi connectivity index (χ1) is 12.8. The summed E-state index contributed by atoms with van der Waals surface area (Å²) in [5.41, 5.74) is 2.84. The summed E-state index contributed by atoms with van der Waals surface area (Å²) in [7, 11) is 2.28. The third-order valence-corrected chi connectivity index (χ3v) is 5.61. The lowest BCUT2D eigenvalue weighted by atomic mass is 9.91. The van der Waals surface area contributed by atoms with Gasteiger partial charge in [0.25, 0.3) is 0 Å². The third kappa shape index (κ3) is 5.96. The Kier molecular flexibility index (Phi) is 7.72. The van der Waals surface area contributed by atoms with E-state index in [-0.39, 0.29) is 0 Å². The van der Waals surface area contributed by atoms with Crippen LogP contribution in [-0.4, -0.2) is 37.2 Å². The van der Waals surface area contributed by atoms with Gasteiger partial charge in [0.05, 0.1) is 6.10 Å². The quantitative estimate of drug-likeness (QED) is 0.581. The maximum atomic E-state index is 6.35. The van der Waals surface area contributed by atoms with Gasteiger partial charge in [-0.25, -0.2) is 0 Å². The van der Waals surface area contributed by atoms with Gasteiger partial charge in [0, 0.05) is 19.2 Å². The second kappa shape index (κ2) is 10.5. The van der Waals surface area contributed by atoms with E-state index in [0.29, 0.717) is 12.1 Å². The zero-order valence-corrected chi connectivity index (χ0v) is 16.1. The van der Waals surface area contributed by atoms with Crippen LogP contribution in [0.3, 0.4) is 0 Å². The molecule has 1 aliphatic rings. The van der Waals surface area contributed by atoms with Crippen molar-refractivity contribution in [2.75, 3.05) is 20.2 Å². The van der Waals surface area contributed by atoms with Crippen molar-refractivity contribution >= 4 is 0 Å². The van der Waals surface area contributed by atoms with Crippen LogP contribution < -0.4 is 0 Å². The second-order valence-corrected chi connectivity index (χ2v) is 7.57. The van der Waals surface area contributed by atoms with Gasteiger partial charge in [-0.3, -0.25) is 0 Å². The Labute approximate surface area is 159 Å². The monoisotopic (exact) mass is 351 g/mol. The summed E-state index contributed by atoms with van der Waals surface area (Å²) < 4.78 is 6.35. The summed E-state index contributed by atoms with van der Waals surface area (Å²) >= 11 is 0. The molecule has 26 heavy (non-hydrogen) atoms. The molecule has 3 rings (SSSR count). The third-order valence-electron chi connectivity index (χ3n) is 5.61. The summed E-state index contributed by atoms with van der Waals surface area (Å²) in [6.07, 6.45) is 8.88. The first-order valence-corrected chi connectivity index (χ1v) is 10.2. The van der Waals surface area contributed by atoms with Crippen LogP contribution in [0.1, 0.15) is 43.2 Å². The predicted octanol–water partition coefficient (Wildman–Crippen LogP) is 5.12. The Morgan fingerprint density at radius 2 is 1.46 bits per heavy atom. The molecule has 2 heteroatoms. The van der Waals surface area contributed by atoms with Gasteiger partial charge in [0.1, 0.15) is 0 Å². The number of ether oxygens (including phenoxy) is 1. The van der Waals surface area contributed by atoms with E-state index in [1.54, 1.807) is 0 Å². The minimum atomic E-state index is 0.403. The zero-order chi connectivity index (χ0) is 18.0. The van der Waals surface area contributed by atoms with Gasteiger partial charge in [-0.15, -0.1) is 0 Å². The lowest BCUT2D eigenvalue weighted by Gasteiger charge is -2.38. The summed E-state index contributed by atoms with van der Waals surface area (Å²) in [4.78, 5) is 2.54. The van der Waals surface area contributed by atoms with E-state index in [2.05, 4.69) is 72.6 Å². The number of hydrogen-bond donors (Lipinski definition) is 0. The van der Waals surface area contributed by atoms with Gasteiger partial charge in [0.15, 0.2) is 0 Å². The SMILES string of the molecule is CN(CCc1ccccc1)[C@H]1CCCC[C@@H]1OCCCc1ccccc1. The van der Waals surface area contributed by atoms with E-state index >= 15 is 0 Å². The highest BCUT2D eigenvalue weighted by Crippen LogP contribution is 2.25. The van der Waals surface area contributed by atoms with Crippen molar-refractivity contribution in [1.82, 2.24) is 4.90 Å². The summed E-state index contributed by atoms with van der Waals surface area (Å²) in [5, 5.41) is 0. The molecule has 0 radical (unpaired) electrons. The van der Waals surface area contributed by atoms with E-state index in [4.69, 9.17) is 4.74 Å². The maximum absolute atomic E-state index is 6.35. The van der Waals surface area contributed by atoms with Crippen molar-refractivity contribution in [3.05, 3.63) is 71.8 Å². The van der Waals surface area contributed by atoms with Crippen LogP contribution in [0.25, 0.3) is 0 Å². The fourth-order valence-corrected chi connectivity index (χ4v) is 4.05. The average Bonchev–Trinajstić information content (AvgIpc) is 2.71. The first kappa shape index (κ1) is 19.1. The molecule has 0 aliphatic heterocycles. The van der Waals surface area contributed by atoms with Crippen molar-refractivity contribution in [3.8, 4) is 0 Å². The molecule has 2 aromatic rings. The van der Waals surface area contributed by atoms with Crippen molar-refractivity contribution < 1.29 is 4.74 Å². The fraction of sp³-hybridized carbons (Fsp3) is 0.500. The number of hydrogen-bond acceptors (Lipinski definition) is 2. The maximum Gasteiger partial charge on any atom is 0.0730 e. The molecule has 0 bridgehead atoms. The molecule has 0 amide bonds. The van der Waals surface area contributed by atoms with Crippen molar-refractivity contribution in [2.24, 2.45) is 0 Å². The molecule has 1 fully saturated rings. The fourth-order valence-electron chi connectivity index (χ4n) is 4.05. The van der Waals surface area contributed by atoms with Crippen molar-refractivity contribution in [1.29, 1.82) is 0 Å². The topological polar surface area (TPSA) is 12.5 Å². The van der Waals surface area contributed by atoms with Gasteiger partial charge in [-0.1, -0.05) is 73.5 Å². The van der Waals surface area contributed by atoms with Crippen LogP contribution in [0, 0.1) is 0 Å². The van der Waals surface area contributed by atoms with Crippen molar-refractivity contribution in [3.63, 3.8) is 0 Å². The van der Waals surface area contributed by atoms with E-state index in [1.807, 2.05) is 0 Å². The molecular weight excluding hydrogens is 318 g/mol. The molecule has 2 atom stereocenters. The Morgan fingerprint density at radius 1 is 0.846 bits per heavy atom. The Hall–Kier alpha value is -1.64. The van der Waals surface area contributed by atoms with Crippen LogP contribution in [0.5, 0.6) is 0 Å². The minimum Gasteiger partial charge on any atom is -0.377 e. The summed E-state index contributed by atoms with van der Waals surface area (Å²) in [5.74, 6) is 0. The zero-order valence-electron chi connectivity index (χ0n) is 16.1. The molecule has 1 saturated carbocycles. The molecule has 0 spiro atoms. The molecule has 0 aromatic heterocycles. The van der Waals surface area contributed by atoms with E-state index in [0.717, 1.165) is 32.4 Å². The standard InChI is InChI=1S/C24H33NO/c1-25(19-18-22-13-6-3-7-14-22)23-16-8-9-17-24(23)26-20-10-15-21-11-4-2-5-12-21/h2-7,11-14,23-24H,8-10,15-20H2,1H3/t23-,24-/m0/s1. The minimum absolute atomic E-state index is 0.403. The van der Waals surface area contributed by atoms with E-state index in [1.165, 1.54) is 36.8 Å². The van der Waals surface area contributed by atoms with Gasteiger partial charge in [-0.05, 0) is 50.3 Å². The Morgan fingerprint density at radius 3 is 2.15 bits per heavy atom. The van der Waals surface area contributed by atoms with Gasteiger partial charge in [0.2, 0.25) is 0 Å². The van der Waals surface area contributed by atoms with Crippen LogP contribution in [0.2, 0.25) is 0 Å². The molecule has 2 nitrogen and oxygen atoms in total. The highest BCUT2D eigenvalue weighted by molar-refractivity contribution is 5.15. The Bertz CT molecular complexity index is 613. The van der Waals surface area contributed by atoms with Crippen LogP contribution >= 0.6 is 0 Å². The van der Waals surface area contributed by atoms with Gasteiger partial charge in [-0.2, -0.15) is 0 Å². The van der Waals surface area contributed by atoms with Gasteiger partial charge < -0.3 is 9.64 Å². The molecule has 1 aliphatic carbocycles. The number of benzene rings is 2. The average molecular weight is 352 g/mol. The molecule has 140 valence electrons. The molecule has 0 unspecified atom stereocenters. The first-order valence-electron chi connectivity index (χ1n) is 10.2. The second-order valence-electron chi connectivity index (χ2n) is 7.57. The molecular formula is C24H33NO. The largest absolute Gasteiger partial charge is 0.377 e. The van der Waals surface area contributed by atoms with E-state index in [9.17, 15) is 0 Å². The van der Waals surface area contributed by atoms with Crippen LogP contribution in [0.15, 0.2) is 60.7 Å². The number of aryl methyl sites for hydroxylation is 1. The molecule has 0 heterocycles. The summed E-state index contributed by atoms with van der Waals surface area (Å²) in [6.45, 7) is 1.99. The molecule has 0 N–H and O–H groups in total. The van der Waals surface area contributed by atoms with E-state index < -0.39 is 0 Å². The van der Waals surface area contributed by atoms with Crippen molar-refractivity contribution in [2.45, 2.75) is 57.1 Å². The van der Waals surface area contributed by atoms with Gasteiger partial charge >= 0.3 is 0 Å². The molecule has 0 saturated heterocycles. The highest BCUT2D eigenvalue weighted by Gasteiger charge is 2.28. The number of rotatable bonds is 9.